The fourth-order valence-electron chi connectivity index (χ4n) is 3.71. The molecule has 1 atom stereocenters. The van der Waals surface area contributed by atoms with Crippen molar-refractivity contribution < 1.29 is 9.53 Å². The molecule has 0 aromatic carbocycles. The third kappa shape index (κ3) is 8.76. The quantitative estimate of drug-likeness (QED) is 0.314. The number of rotatable bonds is 6. The van der Waals surface area contributed by atoms with Gasteiger partial charge in [0.05, 0.1) is 5.69 Å². The minimum Gasteiger partial charge on any atom is -0.444 e. The van der Waals surface area contributed by atoms with Gasteiger partial charge >= 0.3 is 6.09 Å². The summed E-state index contributed by atoms with van der Waals surface area (Å²) in [5.74, 6) is 0.805. The highest BCUT2D eigenvalue weighted by Crippen LogP contribution is 2.14. The molecule has 9 nitrogen and oxygen atoms in total. The van der Waals surface area contributed by atoms with E-state index < -0.39 is 5.60 Å². The van der Waals surface area contributed by atoms with Crippen LogP contribution in [-0.4, -0.2) is 89.6 Å². The number of halogens is 1. The first-order chi connectivity index (χ1) is 14.5. The van der Waals surface area contributed by atoms with Crippen LogP contribution in [0.4, 0.5) is 4.79 Å². The lowest BCUT2D eigenvalue weighted by molar-refractivity contribution is 0.0147. The van der Waals surface area contributed by atoms with Crippen molar-refractivity contribution in [3.63, 3.8) is 0 Å². The van der Waals surface area contributed by atoms with Crippen molar-refractivity contribution in [3.05, 3.63) is 17.0 Å². The van der Waals surface area contributed by atoms with E-state index >= 15 is 0 Å². The molecule has 0 aliphatic carbocycles. The van der Waals surface area contributed by atoms with Crippen LogP contribution < -0.4 is 10.6 Å². The van der Waals surface area contributed by atoms with Gasteiger partial charge in [0, 0.05) is 65.1 Å². The van der Waals surface area contributed by atoms with Gasteiger partial charge in [-0.25, -0.2) is 4.79 Å². The molecule has 0 bridgehead atoms. The molecule has 2 heterocycles. The summed E-state index contributed by atoms with van der Waals surface area (Å²) in [6.07, 6.45) is 0.682. The lowest BCUT2D eigenvalue weighted by Gasteiger charge is -2.35. The zero-order valence-electron chi connectivity index (χ0n) is 21.0. The zero-order chi connectivity index (χ0) is 23.2. The van der Waals surface area contributed by atoms with E-state index in [9.17, 15) is 4.79 Å². The monoisotopic (exact) mass is 563 g/mol. The van der Waals surface area contributed by atoms with Gasteiger partial charge in [0.2, 0.25) is 0 Å². The van der Waals surface area contributed by atoms with Gasteiger partial charge < -0.3 is 20.3 Å². The summed E-state index contributed by atoms with van der Waals surface area (Å²) in [7, 11) is 3.78. The maximum absolute atomic E-state index is 12.2. The van der Waals surface area contributed by atoms with Gasteiger partial charge in [-0.3, -0.25) is 14.6 Å². The smallest absolute Gasteiger partial charge is 0.410 e. The predicted molar refractivity (Wildman–Crippen MR) is 140 cm³/mol. The largest absolute Gasteiger partial charge is 0.444 e. The Morgan fingerprint density at radius 1 is 1.22 bits per heavy atom. The lowest BCUT2D eigenvalue weighted by atomic mass is 10.1. The summed E-state index contributed by atoms with van der Waals surface area (Å²) < 4.78 is 7.40. The number of nitrogens with zero attached hydrogens (tertiary/aromatic N) is 5. The van der Waals surface area contributed by atoms with Crippen LogP contribution in [0.15, 0.2) is 4.99 Å². The Bertz CT molecular complexity index is 765. The number of guanidine groups is 1. The number of aromatic nitrogens is 2. The van der Waals surface area contributed by atoms with Crippen molar-refractivity contribution in [2.75, 3.05) is 46.3 Å². The van der Waals surface area contributed by atoms with Gasteiger partial charge in [0.1, 0.15) is 5.60 Å². The molecular formula is C22H42IN7O2. The number of hydrogen-bond donors (Lipinski definition) is 2. The lowest BCUT2D eigenvalue weighted by Crippen LogP contribution is -2.52. The molecule has 1 fully saturated rings. The first-order valence-corrected chi connectivity index (χ1v) is 11.2. The minimum atomic E-state index is -0.452. The van der Waals surface area contributed by atoms with Crippen LogP contribution in [0, 0.1) is 13.8 Å². The second kappa shape index (κ2) is 12.6. The Hall–Kier alpha value is -1.56. The second-order valence-corrected chi connectivity index (χ2v) is 9.33. The van der Waals surface area contributed by atoms with Crippen LogP contribution in [0.25, 0.3) is 0 Å². The van der Waals surface area contributed by atoms with E-state index in [1.54, 1.807) is 11.9 Å². The van der Waals surface area contributed by atoms with Crippen LogP contribution >= 0.6 is 24.0 Å². The molecule has 1 aliphatic heterocycles. The maximum Gasteiger partial charge on any atom is 0.410 e. The number of carbonyl (C=O) groups is 1. The standard InChI is InChI=1S/C22H41N7O2.HI/c1-16(15-19-17(2)26-27(8)18(19)3)25-20(23-7)24-9-10-28-11-13-29(14-12-28)21(30)31-22(4,5)6;/h16H,9-15H2,1-8H3,(H2,23,24,25);1H. The van der Waals surface area contributed by atoms with Crippen LogP contribution in [0.1, 0.15) is 44.6 Å². The molecule has 1 aliphatic rings. The third-order valence-corrected chi connectivity index (χ3v) is 5.52. The Labute approximate surface area is 210 Å². The molecule has 1 unspecified atom stereocenters. The Balaban J connectivity index is 0.00000512. The second-order valence-electron chi connectivity index (χ2n) is 9.33. The first kappa shape index (κ1) is 28.5. The van der Waals surface area contributed by atoms with Gasteiger partial charge in [-0.05, 0) is 53.5 Å². The molecule has 0 radical (unpaired) electrons. The number of nitrogens with one attached hydrogen (secondary N) is 2. The molecule has 0 saturated carbocycles. The fraction of sp³-hybridized carbons (Fsp3) is 0.773. The average Bonchev–Trinajstić information content (AvgIpc) is 2.92. The van der Waals surface area contributed by atoms with Crippen LogP contribution in [0.3, 0.4) is 0 Å². The number of aliphatic imine (C=N–C) groups is 1. The van der Waals surface area contributed by atoms with Crippen LogP contribution in [0.2, 0.25) is 0 Å². The number of amides is 1. The molecule has 1 saturated heterocycles. The number of aryl methyl sites for hydroxylation is 2. The summed E-state index contributed by atoms with van der Waals surface area (Å²) >= 11 is 0. The molecule has 1 aromatic heterocycles. The Morgan fingerprint density at radius 2 is 1.84 bits per heavy atom. The molecule has 1 aromatic rings. The van der Waals surface area contributed by atoms with Gasteiger partial charge in [-0.15, -0.1) is 24.0 Å². The van der Waals surface area contributed by atoms with Crippen molar-refractivity contribution in [2.45, 2.75) is 59.6 Å². The predicted octanol–water partition coefficient (Wildman–Crippen LogP) is 2.30. The van der Waals surface area contributed by atoms with Crippen molar-refractivity contribution >= 4 is 36.0 Å². The highest BCUT2D eigenvalue weighted by Gasteiger charge is 2.25. The molecule has 0 spiro atoms. The highest BCUT2D eigenvalue weighted by atomic mass is 127. The zero-order valence-corrected chi connectivity index (χ0v) is 23.3. The Kier molecular flexibility index (Phi) is 11.2. The molecule has 1 amide bonds. The van der Waals surface area contributed by atoms with Crippen molar-refractivity contribution in [1.82, 2.24) is 30.2 Å². The topological polar surface area (TPSA) is 87.0 Å². The molecule has 32 heavy (non-hydrogen) atoms. The average molecular weight is 564 g/mol. The summed E-state index contributed by atoms with van der Waals surface area (Å²) in [4.78, 5) is 20.7. The minimum absolute atomic E-state index is 0. The number of piperazine rings is 1. The van der Waals surface area contributed by atoms with Crippen molar-refractivity contribution in [1.29, 1.82) is 0 Å². The summed E-state index contributed by atoms with van der Waals surface area (Å²) in [5, 5.41) is 11.4. The van der Waals surface area contributed by atoms with Crippen LogP contribution in [0.5, 0.6) is 0 Å². The number of ether oxygens (including phenoxy) is 1. The van der Waals surface area contributed by atoms with Gasteiger partial charge in [-0.2, -0.15) is 5.10 Å². The van der Waals surface area contributed by atoms with E-state index in [-0.39, 0.29) is 36.1 Å². The van der Waals surface area contributed by atoms with Gasteiger partial charge in [0.15, 0.2) is 5.96 Å². The van der Waals surface area contributed by atoms with E-state index in [1.165, 1.54) is 11.3 Å². The Morgan fingerprint density at radius 3 is 2.34 bits per heavy atom. The van der Waals surface area contributed by atoms with E-state index in [1.807, 2.05) is 32.5 Å². The normalized spacial score (nSPS) is 16.4. The van der Waals surface area contributed by atoms with E-state index in [2.05, 4.69) is 46.4 Å². The molecular weight excluding hydrogens is 521 g/mol. The maximum atomic E-state index is 12.2. The highest BCUT2D eigenvalue weighted by molar-refractivity contribution is 14.0. The summed E-state index contributed by atoms with van der Waals surface area (Å²) in [6.45, 7) is 16.8. The number of hydrogen-bond acceptors (Lipinski definition) is 5. The van der Waals surface area contributed by atoms with E-state index in [0.29, 0.717) is 13.1 Å². The summed E-state index contributed by atoms with van der Waals surface area (Å²) in [5.41, 5.74) is 3.13. The van der Waals surface area contributed by atoms with E-state index in [4.69, 9.17) is 4.74 Å². The molecule has 184 valence electrons. The van der Waals surface area contributed by atoms with Gasteiger partial charge in [0.25, 0.3) is 0 Å². The van der Waals surface area contributed by atoms with Crippen LogP contribution in [-0.2, 0) is 18.2 Å². The van der Waals surface area contributed by atoms with E-state index in [0.717, 1.165) is 44.3 Å². The van der Waals surface area contributed by atoms with Gasteiger partial charge in [-0.1, -0.05) is 0 Å². The molecule has 2 rings (SSSR count). The summed E-state index contributed by atoms with van der Waals surface area (Å²) in [6, 6.07) is 0.241. The van der Waals surface area contributed by atoms with Crippen molar-refractivity contribution in [2.24, 2.45) is 12.0 Å². The first-order valence-electron chi connectivity index (χ1n) is 11.2. The molecule has 10 heteroatoms. The van der Waals surface area contributed by atoms with Crippen molar-refractivity contribution in [3.8, 4) is 0 Å². The SMILES string of the molecule is CN=C(NCCN1CCN(C(=O)OC(C)(C)C)CC1)NC(C)Cc1c(C)nn(C)c1C.I. The fourth-order valence-corrected chi connectivity index (χ4v) is 3.71. The third-order valence-electron chi connectivity index (χ3n) is 5.52. The molecule has 2 N–H and O–H groups in total. The number of carbonyl (C=O) groups excluding carboxylic acids is 1.